The lowest BCUT2D eigenvalue weighted by atomic mass is 10.1. The molecular formula is C13H10BrF3N2S. The van der Waals surface area contributed by atoms with Crippen molar-refractivity contribution in [3.05, 3.63) is 44.6 Å². The predicted molar refractivity (Wildman–Crippen MR) is 76.9 cm³/mol. The van der Waals surface area contributed by atoms with Gasteiger partial charge in [-0.25, -0.2) is 4.98 Å². The Morgan fingerprint density at radius 2 is 2.00 bits per heavy atom. The maximum Gasteiger partial charge on any atom is 0.417 e. The van der Waals surface area contributed by atoms with Gasteiger partial charge in [0, 0.05) is 15.7 Å². The van der Waals surface area contributed by atoms with E-state index in [0.717, 1.165) is 11.8 Å². The zero-order valence-corrected chi connectivity index (χ0v) is 12.8. The molecule has 0 saturated carbocycles. The Kier molecular flexibility index (Phi) is 4.29. The Morgan fingerprint density at radius 3 is 2.60 bits per heavy atom. The summed E-state index contributed by atoms with van der Waals surface area (Å²) in [4.78, 5) is 6.89. The molecule has 0 atom stereocenters. The smallest absolute Gasteiger partial charge is 0.343 e. The first-order valence-corrected chi connectivity index (χ1v) is 6.98. The maximum atomic E-state index is 13.1. The Balaban J connectivity index is 2.70. The fourth-order valence-corrected chi connectivity index (χ4v) is 2.38. The van der Waals surface area contributed by atoms with Gasteiger partial charge in [0.15, 0.2) is 0 Å². The normalized spacial score (nSPS) is 11.7. The first kappa shape index (κ1) is 15.2. The highest BCUT2D eigenvalue weighted by Gasteiger charge is 2.34. The zero-order chi connectivity index (χ0) is 14.9. The van der Waals surface area contributed by atoms with Crippen molar-refractivity contribution in [3.63, 3.8) is 0 Å². The van der Waals surface area contributed by atoms with Crippen LogP contribution in [-0.4, -0.2) is 9.97 Å². The molecule has 0 unspecified atom stereocenters. The Morgan fingerprint density at radius 1 is 1.30 bits per heavy atom. The van der Waals surface area contributed by atoms with Crippen LogP contribution in [0.3, 0.4) is 0 Å². The molecule has 7 heteroatoms. The van der Waals surface area contributed by atoms with Crippen molar-refractivity contribution in [2.24, 2.45) is 0 Å². The van der Waals surface area contributed by atoms with E-state index < -0.39 is 11.7 Å². The molecule has 0 aliphatic rings. The molecule has 0 aliphatic carbocycles. The van der Waals surface area contributed by atoms with Crippen molar-refractivity contribution in [1.29, 1.82) is 0 Å². The molecule has 1 aromatic carbocycles. The van der Waals surface area contributed by atoms with Crippen molar-refractivity contribution in [2.45, 2.75) is 19.5 Å². The van der Waals surface area contributed by atoms with E-state index in [0.29, 0.717) is 10.9 Å². The molecule has 1 heterocycles. The number of nitrogens with zero attached hydrogens (tertiary/aromatic N) is 1. The second-order valence-electron chi connectivity index (χ2n) is 4.13. The molecular weight excluding hydrogens is 353 g/mol. The number of nitrogens with one attached hydrogen (secondary N) is 1. The van der Waals surface area contributed by atoms with Crippen LogP contribution in [-0.2, 0) is 12.6 Å². The van der Waals surface area contributed by atoms with Gasteiger partial charge in [0.1, 0.15) is 10.5 Å². The molecule has 0 radical (unpaired) electrons. The van der Waals surface area contributed by atoms with Gasteiger partial charge >= 0.3 is 6.18 Å². The van der Waals surface area contributed by atoms with E-state index in [1.165, 1.54) is 6.07 Å². The molecule has 0 amide bonds. The average molecular weight is 363 g/mol. The zero-order valence-electron chi connectivity index (χ0n) is 10.4. The lowest BCUT2D eigenvalue weighted by Gasteiger charge is -2.13. The second kappa shape index (κ2) is 5.65. The number of hydrogen-bond acceptors (Lipinski definition) is 2. The van der Waals surface area contributed by atoms with Crippen LogP contribution < -0.4 is 0 Å². The number of aromatic nitrogens is 2. The fraction of sp³-hybridized carbons (Fsp3) is 0.231. The standard InChI is InChI=1S/C13H10BrF3N2S/c1-2-8-6-11(20)19-12(18-8)9-4-3-7(14)5-10(9)13(15,16)17/h3-6H,2H2,1H3,(H,18,19,20). The maximum absolute atomic E-state index is 13.1. The number of halogens is 4. The van der Waals surface area contributed by atoms with Crippen LogP contribution in [0.4, 0.5) is 13.2 Å². The third-order valence-electron chi connectivity index (χ3n) is 2.72. The highest BCUT2D eigenvalue weighted by molar-refractivity contribution is 9.10. The Hall–Kier alpha value is -1.21. The molecule has 2 aromatic rings. The number of aryl methyl sites for hydroxylation is 1. The van der Waals surface area contributed by atoms with Gasteiger partial charge in [0.05, 0.1) is 5.56 Å². The summed E-state index contributed by atoms with van der Waals surface area (Å²) in [5, 5.41) is 0. The number of alkyl halides is 3. The van der Waals surface area contributed by atoms with E-state index in [2.05, 4.69) is 25.9 Å². The predicted octanol–water partition coefficient (Wildman–Crippen LogP) is 5.15. The molecule has 0 saturated heterocycles. The summed E-state index contributed by atoms with van der Waals surface area (Å²) in [5.41, 5.74) is -0.0172. The second-order valence-corrected chi connectivity index (χ2v) is 5.47. The number of benzene rings is 1. The van der Waals surface area contributed by atoms with Crippen molar-refractivity contribution >= 4 is 28.1 Å². The van der Waals surface area contributed by atoms with Crippen molar-refractivity contribution in [2.75, 3.05) is 0 Å². The minimum atomic E-state index is -4.46. The van der Waals surface area contributed by atoms with Crippen LogP contribution in [0.15, 0.2) is 28.7 Å². The molecule has 0 spiro atoms. The molecule has 0 fully saturated rings. The summed E-state index contributed by atoms with van der Waals surface area (Å²) in [6.07, 6.45) is -3.82. The van der Waals surface area contributed by atoms with Gasteiger partial charge in [-0.2, -0.15) is 13.2 Å². The molecule has 0 aliphatic heterocycles. The van der Waals surface area contributed by atoms with Gasteiger partial charge in [0.2, 0.25) is 0 Å². The minimum absolute atomic E-state index is 0.0119. The Bertz CT molecular complexity index is 695. The summed E-state index contributed by atoms with van der Waals surface area (Å²) in [5.74, 6) is 0.133. The number of aromatic amines is 1. The topological polar surface area (TPSA) is 28.7 Å². The molecule has 0 bridgehead atoms. The van der Waals surface area contributed by atoms with E-state index in [-0.39, 0.29) is 16.0 Å². The molecule has 2 nitrogen and oxygen atoms in total. The lowest BCUT2D eigenvalue weighted by molar-refractivity contribution is -0.137. The third-order valence-corrected chi connectivity index (χ3v) is 3.42. The van der Waals surface area contributed by atoms with Crippen molar-refractivity contribution in [3.8, 4) is 11.4 Å². The largest absolute Gasteiger partial charge is 0.417 e. The van der Waals surface area contributed by atoms with Gasteiger partial charge in [-0.3, -0.25) is 0 Å². The summed E-state index contributed by atoms with van der Waals surface area (Å²) < 4.78 is 40.0. The van der Waals surface area contributed by atoms with Gasteiger partial charge in [-0.1, -0.05) is 35.1 Å². The van der Waals surface area contributed by atoms with Crippen LogP contribution >= 0.6 is 28.1 Å². The first-order chi connectivity index (χ1) is 9.31. The molecule has 20 heavy (non-hydrogen) atoms. The summed E-state index contributed by atoms with van der Waals surface area (Å²) in [6.45, 7) is 1.89. The number of rotatable bonds is 2. The summed E-state index contributed by atoms with van der Waals surface area (Å²) in [7, 11) is 0. The molecule has 2 rings (SSSR count). The lowest BCUT2D eigenvalue weighted by Crippen LogP contribution is -2.09. The van der Waals surface area contributed by atoms with Gasteiger partial charge in [-0.15, -0.1) is 0 Å². The van der Waals surface area contributed by atoms with Crippen LogP contribution in [0.5, 0.6) is 0 Å². The van der Waals surface area contributed by atoms with Crippen LogP contribution in [0.2, 0.25) is 0 Å². The van der Waals surface area contributed by atoms with Crippen LogP contribution in [0, 0.1) is 4.64 Å². The number of H-pyrrole nitrogens is 1. The third kappa shape index (κ3) is 3.27. The van der Waals surface area contributed by atoms with Gasteiger partial charge < -0.3 is 4.98 Å². The van der Waals surface area contributed by atoms with Crippen molar-refractivity contribution < 1.29 is 13.2 Å². The highest BCUT2D eigenvalue weighted by Crippen LogP contribution is 2.37. The number of hydrogen-bond donors (Lipinski definition) is 1. The molecule has 1 aromatic heterocycles. The Labute approximate surface area is 127 Å². The van der Waals surface area contributed by atoms with Gasteiger partial charge in [0.25, 0.3) is 0 Å². The fourth-order valence-electron chi connectivity index (χ4n) is 1.78. The van der Waals surface area contributed by atoms with E-state index in [1.54, 1.807) is 12.1 Å². The van der Waals surface area contributed by atoms with Gasteiger partial charge in [-0.05, 0) is 30.7 Å². The van der Waals surface area contributed by atoms with E-state index >= 15 is 0 Å². The average Bonchev–Trinajstić information content (AvgIpc) is 2.36. The van der Waals surface area contributed by atoms with E-state index in [9.17, 15) is 13.2 Å². The van der Waals surface area contributed by atoms with E-state index in [1.807, 2.05) is 6.92 Å². The summed E-state index contributed by atoms with van der Waals surface area (Å²) in [6, 6.07) is 5.60. The molecule has 106 valence electrons. The first-order valence-electron chi connectivity index (χ1n) is 5.78. The summed E-state index contributed by atoms with van der Waals surface area (Å²) >= 11 is 8.05. The quantitative estimate of drug-likeness (QED) is 0.748. The van der Waals surface area contributed by atoms with E-state index in [4.69, 9.17) is 12.2 Å². The molecule has 1 N–H and O–H groups in total. The minimum Gasteiger partial charge on any atom is -0.343 e. The van der Waals surface area contributed by atoms with Crippen LogP contribution in [0.1, 0.15) is 18.2 Å². The highest BCUT2D eigenvalue weighted by atomic mass is 79.9. The monoisotopic (exact) mass is 362 g/mol. The SMILES string of the molecule is CCc1cc(=S)nc(-c2ccc(Br)cc2C(F)(F)F)[nH]1. The van der Waals surface area contributed by atoms with Crippen molar-refractivity contribution in [1.82, 2.24) is 9.97 Å². The van der Waals surface area contributed by atoms with Crippen LogP contribution in [0.25, 0.3) is 11.4 Å².